The zero-order chi connectivity index (χ0) is 25.6. The minimum absolute atomic E-state index is 0.0275. The second-order valence-electron chi connectivity index (χ2n) is 6.89. The molecule has 34 heavy (non-hydrogen) atoms. The molecule has 0 radical (unpaired) electrons. The Hall–Kier alpha value is -4.07. The maximum atomic E-state index is 12.4. The number of ether oxygens (including phenoxy) is 6. The number of methoxy groups -OCH3 is 1. The molecule has 1 fully saturated rings. The fraction of sp³-hybridized carbons (Fsp3) is 0.450. The van der Waals surface area contributed by atoms with Crippen LogP contribution in [0, 0.1) is 10.1 Å². The highest BCUT2D eigenvalue weighted by Gasteiger charge is 2.56. The van der Waals surface area contributed by atoms with Gasteiger partial charge in [0.25, 0.3) is 0 Å². The quantitative estimate of drug-likeness (QED) is 0.164. The molecular weight excluding hydrogens is 462 g/mol. The van der Waals surface area contributed by atoms with Gasteiger partial charge < -0.3 is 28.4 Å². The summed E-state index contributed by atoms with van der Waals surface area (Å²) in [6.07, 6.45) is -8.01. The van der Waals surface area contributed by atoms with Gasteiger partial charge in [0.15, 0.2) is 24.1 Å². The summed E-state index contributed by atoms with van der Waals surface area (Å²) in [6.45, 7) is 3.04. The van der Waals surface area contributed by atoms with Gasteiger partial charge in [-0.15, -0.1) is 0 Å². The van der Waals surface area contributed by atoms with E-state index >= 15 is 0 Å². The van der Waals surface area contributed by atoms with Crippen molar-refractivity contribution >= 4 is 35.9 Å². The SMILES string of the molecule is COC(=O)[C@H]1O[C@@H](Oc2ccc(C=O)cc2[N+](=O)[O-])[C@H](OC(C)=O)[C@@H](OC(C)=O)[C@@H]1OC(C)=O. The minimum atomic E-state index is -1.77. The highest BCUT2D eigenvalue weighted by Crippen LogP contribution is 2.34. The second kappa shape index (κ2) is 11.2. The van der Waals surface area contributed by atoms with E-state index in [1.807, 2.05) is 0 Å². The van der Waals surface area contributed by atoms with Crippen LogP contribution in [-0.4, -0.2) is 72.9 Å². The molecule has 0 aliphatic carbocycles. The number of hydrogen-bond donors (Lipinski definition) is 0. The average Bonchev–Trinajstić information content (AvgIpc) is 2.76. The van der Waals surface area contributed by atoms with Crippen LogP contribution in [0.15, 0.2) is 18.2 Å². The number of aldehydes is 1. The lowest BCUT2D eigenvalue weighted by atomic mass is 9.97. The summed E-state index contributed by atoms with van der Waals surface area (Å²) in [5.41, 5.74) is -0.671. The lowest BCUT2D eigenvalue weighted by molar-refractivity contribution is -0.387. The lowest BCUT2D eigenvalue weighted by Crippen LogP contribution is -2.64. The molecule has 0 unspecified atom stereocenters. The second-order valence-corrected chi connectivity index (χ2v) is 6.89. The van der Waals surface area contributed by atoms with Gasteiger partial charge in [-0.2, -0.15) is 0 Å². The number of nitro benzene ring substituents is 1. The third-order valence-electron chi connectivity index (χ3n) is 4.39. The maximum Gasteiger partial charge on any atom is 0.339 e. The van der Waals surface area contributed by atoms with E-state index in [4.69, 9.17) is 23.7 Å². The number of nitrogens with zero attached hydrogens (tertiary/aromatic N) is 1. The maximum absolute atomic E-state index is 12.4. The van der Waals surface area contributed by atoms with Gasteiger partial charge in [0.1, 0.15) is 6.29 Å². The normalized spacial score (nSPS) is 23.7. The van der Waals surface area contributed by atoms with E-state index in [1.54, 1.807) is 0 Å². The molecule has 14 nitrogen and oxygen atoms in total. The van der Waals surface area contributed by atoms with Crippen molar-refractivity contribution in [3.8, 4) is 5.75 Å². The molecule has 1 aromatic rings. The molecule has 1 heterocycles. The zero-order valence-electron chi connectivity index (χ0n) is 18.5. The molecule has 14 heteroatoms. The Morgan fingerprint density at radius 2 is 1.53 bits per heavy atom. The van der Waals surface area contributed by atoms with Gasteiger partial charge in [-0.25, -0.2) is 4.79 Å². The summed E-state index contributed by atoms with van der Waals surface area (Å²) in [7, 11) is 1.01. The van der Waals surface area contributed by atoms with Crippen LogP contribution in [0.3, 0.4) is 0 Å². The molecule has 184 valence electrons. The van der Waals surface area contributed by atoms with Gasteiger partial charge in [-0.3, -0.25) is 29.3 Å². The molecule has 0 aromatic heterocycles. The average molecular weight is 483 g/mol. The largest absolute Gasteiger partial charge is 0.467 e. The van der Waals surface area contributed by atoms with Gasteiger partial charge in [0.2, 0.25) is 12.4 Å². The molecule has 1 saturated heterocycles. The molecule has 2 rings (SSSR count). The van der Waals surface area contributed by atoms with Crippen LogP contribution in [0.25, 0.3) is 0 Å². The lowest BCUT2D eigenvalue weighted by Gasteiger charge is -2.42. The minimum Gasteiger partial charge on any atom is -0.467 e. The first-order chi connectivity index (χ1) is 16.0. The first kappa shape index (κ1) is 26.2. The van der Waals surface area contributed by atoms with Crippen LogP contribution in [0.1, 0.15) is 31.1 Å². The summed E-state index contributed by atoms with van der Waals surface area (Å²) in [5, 5.41) is 11.5. The van der Waals surface area contributed by atoms with E-state index in [1.165, 1.54) is 6.07 Å². The Kier molecular flexibility index (Phi) is 8.61. The third-order valence-corrected chi connectivity index (χ3v) is 4.39. The number of carbonyl (C=O) groups excluding carboxylic acids is 5. The molecule has 0 spiro atoms. The van der Waals surface area contributed by atoms with E-state index in [0.717, 1.165) is 40.0 Å². The number of esters is 4. The molecular formula is C20H21NO13. The molecule has 5 atom stereocenters. The van der Waals surface area contributed by atoms with Crippen molar-refractivity contribution in [2.24, 2.45) is 0 Å². The van der Waals surface area contributed by atoms with Crippen molar-refractivity contribution in [3.05, 3.63) is 33.9 Å². The molecule has 0 saturated carbocycles. The van der Waals surface area contributed by atoms with E-state index in [9.17, 15) is 34.1 Å². The fourth-order valence-electron chi connectivity index (χ4n) is 3.15. The van der Waals surface area contributed by atoms with E-state index in [2.05, 4.69) is 4.74 Å². The van der Waals surface area contributed by atoms with E-state index < -0.39 is 70.9 Å². The van der Waals surface area contributed by atoms with Gasteiger partial charge in [-0.1, -0.05) is 0 Å². The number of carbonyl (C=O) groups is 5. The van der Waals surface area contributed by atoms with Crippen molar-refractivity contribution in [2.75, 3.05) is 7.11 Å². The highest BCUT2D eigenvalue weighted by molar-refractivity contribution is 5.78. The Morgan fingerprint density at radius 1 is 0.971 bits per heavy atom. The topological polar surface area (TPSA) is 184 Å². The Labute approximate surface area is 192 Å². The third kappa shape index (κ3) is 6.25. The molecule has 1 aliphatic rings. The van der Waals surface area contributed by atoms with Crippen molar-refractivity contribution in [1.29, 1.82) is 0 Å². The number of benzene rings is 1. The zero-order valence-corrected chi connectivity index (χ0v) is 18.5. The van der Waals surface area contributed by atoms with Crippen molar-refractivity contribution < 1.29 is 57.3 Å². The predicted molar refractivity (Wildman–Crippen MR) is 106 cm³/mol. The van der Waals surface area contributed by atoms with Crippen LogP contribution >= 0.6 is 0 Å². The summed E-state index contributed by atoms with van der Waals surface area (Å²) in [5.74, 6) is -4.17. The van der Waals surface area contributed by atoms with E-state index in [0.29, 0.717) is 6.29 Å². The van der Waals surface area contributed by atoms with Crippen LogP contribution in [-0.2, 0) is 42.9 Å². The number of nitro groups is 1. The molecule has 0 bridgehead atoms. The summed E-state index contributed by atoms with van der Waals surface area (Å²) < 4.78 is 31.2. The van der Waals surface area contributed by atoms with Crippen LogP contribution in [0.5, 0.6) is 5.75 Å². The number of rotatable bonds is 8. The molecule has 1 aromatic carbocycles. The first-order valence-electron chi connectivity index (χ1n) is 9.63. The molecule has 0 amide bonds. The van der Waals surface area contributed by atoms with Crippen molar-refractivity contribution in [3.63, 3.8) is 0 Å². The van der Waals surface area contributed by atoms with Crippen LogP contribution in [0.4, 0.5) is 5.69 Å². The molecule has 0 N–H and O–H groups in total. The van der Waals surface area contributed by atoms with Gasteiger partial charge in [-0.05, 0) is 12.1 Å². The fourth-order valence-corrected chi connectivity index (χ4v) is 3.15. The van der Waals surface area contributed by atoms with Crippen LogP contribution < -0.4 is 4.74 Å². The predicted octanol–water partition coefficient (Wildman–Crippen LogP) is 0.479. The van der Waals surface area contributed by atoms with Gasteiger partial charge in [0.05, 0.1) is 12.0 Å². The number of hydrogen-bond acceptors (Lipinski definition) is 13. The van der Waals surface area contributed by atoms with Crippen molar-refractivity contribution in [2.45, 2.75) is 51.5 Å². The Balaban J connectivity index is 2.59. The highest BCUT2D eigenvalue weighted by atomic mass is 16.7. The summed E-state index contributed by atoms with van der Waals surface area (Å²) in [4.78, 5) is 69.2. The monoisotopic (exact) mass is 483 g/mol. The Morgan fingerprint density at radius 3 is 2.03 bits per heavy atom. The van der Waals surface area contributed by atoms with Gasteiger partial charge in [0, 0.05) is 32.4 Å². The smallest absolute Gasteiger partial charge is 0.339 e. The van der Waals surface area contributed by atoms with Gasteiger partial charge >= 0.3 is 29.6 Å². The molecule has 1 aliphatic heterocycles. The van der Waals surface area contributed by atoms with Crippen molar-refractivity contribution in [1.82, 2.24) is 0 Å². The Bertz CT molecular complexity index is 991. The standard InChI is InChI=1S/C20H21NO13/c1-9(23)30-15-16(31-10(2)24)18(32-11(3)25)20(34-17(15)19(26)29-4)33-14-6-5-12(8-22)7-13(14)21(27)28/h5-8,15-18,20H,1-4H3/t15-,16-,17-,18+,20+/m0/s1. The van der Waals surface area contributed by atoms with E-state index in [-0.39, 0.29) is 5.56 Å². The first-order valence-corrected chi connectivity index (χ1v) is 9.63. The summed E-state index contributed by atoms with van der Waals surface area (Å²) in [6, 6.07) is 3.22. The van der Waals surface area contributed by atoms with Crippen LogP contribution in [0.2, 0.25) is 0 Å². The summed E-state index contributed by atoms with van der Waals surface area (Å²) >= 11 is 0.